The largest absolute Gasteiger partial charge is 0.480 e. The number of urea groups is 1. The molecule has 6 heteroatoms. The van der Waals surface area contributed by atoms with Gasteiger partial charge in [-0.3, -0.25) is 4.79 Å². The summed E-state index contributed by atoms with van der Waals surface area (Å²) in [6.07, 6.45) is 1.91. The van der Waals surface area contributed by atoms with Gasteiger partial charge in [0.25, 0.3) is 0 Å². The first-order valence-electron chi connectivity index (χ1n) is 6.86. The summed E-state index contributed by atoms with van der Waals surface area (Å²) in [6.45, 7) is 9.03. The molecule has 0 aliphatic rings. The first-order chi connectivity index (χ1) is 8.90. The molecule has 0 bridgehead atoms. The molecule has 0 saturated carbocycles. The molecule has 2 amide bonds. The van der Waals surface area contributed by atoms with E-state index in [4.69, 9.17) is 5.11 Å². The van der Waals surface area contributed by atoms with Crippen LogP contribution in [0.2, 0.25) is 0 Å². The van der Waals surface area contributed by atoms with Crippen molar-refractivity contribution in [2.75, 3.05) is 33.2 Å². The quantitative estimate of drug-likeness (QED) is 0.662. The van der Waals surface area contributed by atoms with E-state index in [2.05, 4.69) is 24.1 Å². The van der Waals surface area contributed by atoms with Crippen LogP contribution in [0.4, 0.5) is 4.79 Å². The lowest BCUT2D eigenvalue weighted by Crippen LogP contribution is -2.44. The van der Waals surface area contributed by atoms with Gasteiger partial charge in [0.05, 0.1) is 0 Å². The smallest absolute Gasteiger partial charge is 0.323 e. The molecule has 6 nitrogen and oxygen atoms in total. The van der Waals surface area contributed by atoms with Crippen LogP contribution >= 0.6 is 0 Å². The molecule has 0 rings (SSSR count). The predicted octanol–water partition coefficient (Wildman–Crippen LogP) is 1.22. The van der Waals surface area contributed by atoms with Gasteiger partial charge in [-0.2, -0.15) is 0 Å². The molecule has 0 spiro atoms. The topological polar surface area (TPSA) is 72.9 Å². The maximum Gasteiger partial charge on any atom is 0.323 e. The fourth-order valence-corrected chi connectivity index (χ4v) is 1.83. The van der Waals surface area contributed by atoms with Crippen molar-refractivity contribution in [2.45, 2.75) is 39.7 Å². The van der Waals surface area contributed by atoms with Crippen molar-refractivity contribution in [1.82, 2.24) is 15.1 Å². The van der Waals surface area contributed by atoms with Crippen LogP contribution in [0.5, 0.6) is 0 Å². The van der Waals surface area contributed by atoms with Gasteiger partial charge >= 0.3 is 12.0 Å². The minimum absolute atomic E-state index is 0.0549. The number of likely N-dealkylation sites (N-methyl/N-ethyl adjacent to an activating group) is 1. The van der Waals surface area contributed by atoms with Gasteiger partial charge in [-0.15, -0.1) is 0 Å². The van der Waals surface area contributed by atoms with E-state index in [1.54, 1.807) is 0 Å². The third kappa shape index (κ3) is 8.42. The third-order valence-electron chi connectivity index (χ3n) is 3.09. The molecule has 1 unspecified atom stereocenters. The summed E-state index contributed by atoms with van der Waals surface area (Å²) in [7, 11) is 1.48. The fourth-order valence-electron chi connectivity index (χ4n) is 1.83. The van der Waals surface area contributed by atoms with Crippen molar-refractivity contribution >= 4 is 12.0 Å². The van der Waals surface area contributed by atoms with Gasteiger partial charge < -0.3 is 20.2 Å². The Hall–Kier alpha value is -1.30. The van der Waals surface area contributed by atoms with Crippen molar-refractivity contribution in [3.63, 3.8) is 0 Å². The van der Waals surface area contributed by atoms with E-state index in [1.165, 1.54) is 11.9 Å². The van der Waals surface area contributed by atoms with Gasteiger partial charge in [-0.1, -0.05) is 13.8 Å². The minimum atomic E-state index is -1.01. The van der Waals surface area contributed by atoms with Crippen LogP contribution in [-0.2, 0) is 4.79 Å². The van der Waals surface area contributed by atoms with Crippen LogP contribution in [0.3, 0.4) is 0 Å². The van der Waals surface area contributed by atoms with Gasteiger partial charge in [0.1, 0.15) is 6.54 Å². The van der Waals surface area contributed by atoms with Crippen molar-refractivity contribution in [1.29, 1.82) is 0 Å². The molecule has 0 aliphatic heterocycles. The maximum absolute atomic E-state index is 11.6. The summed E-state index contributed by atoms with van der Waals surface area (Å²) in [5.74, 6) is -1.01. The number of amides is 2. The number of carbonyl (C=O) groups is 2. The summed E-state index contributed by atoms with van der Waals surface area (Å²) in [5.41, 5.74) is 0. The molecule has 2 N–H and O–H groups in total. The summed E-state index contributed by atoms with van der Waals surface area (Å²) in [6, 6.07) is -0.281. The number of carbonyl (C=O) groups excluding carboxylic acids is 1. The fraction of sp³-hybridized carbons (Fsp3) is 0.846. The molecule has 0 aliphatic carbocycles. The molecule has 0 aromatic heterocycles. The SMILES string of the molecule is CCN(CC)CCCC(C)NC(=O)N(C)CC(=O)O. The van der Waals surface area contributed by atoms with E-state index < -0.39 is 5.97 Å². The van der Waals surface area contributed by atoms with Crippen LogP contribution in [-0.4, -0.2) is 66.2 Å². The van der Waals surface area contributed by atoms with Gasteiger partial charge in [0.2, 0.25) is 0 Å². The molecule has 0 saturated heterocycles. The molecule has 0 fully saturated rings. The number of aliphatic carboxylic acids is 1. The second-order valence-electron chi connectivity index (χ2n) is 4.77. The molecule has 0 aromatic carbocycles. The Morgan fingerprint density at radius 3 is 2.32 bits per heavy atom. The highest BCUT2D eigenvalue weighted by atomic mass is 16.4. The maximum atomic E-state index is 11.6. The standard InChI is InChI=1S/C13H27N3O3/c1-5-16(6-2)9-7-8-11(3)14-13(19)15(4)10-12(17)18/h11H,5-10H2,1-4H3,(H,14,19)(H,17,18). The first kappa shape index (κ1) is 17.7. The van der Waals surface area contributed by atoms with Crippen molar-refractivity contribution in [3.8, 4) is 0 Å². The number of hydrogen-bond donors (Lipinski definition) is 2. The Balaban J connectivity index is 3.87. The predicted molar refractivity (Wildman–Crippen MR) is 75.3 cm³/mol. The van der Waals surface area contributed by atoms with Crippen LogP contribution in [0, 0.1) is 0 Å². The van der Waals surface area contributed by atoms with Gasteiger partial charge in [0.15, 0.2) is 0 Å². The second-order valence-corrected chi connectivity index (χ2v) is 4.77. The zero-order valence-electron chi connectivity index (χ0n) is 12.5. The lowest BCUT2D eigenvalue weighted by Gasteiger charge is -2.22. The van der Waals surface area contributed by atoms with Gasteiger partial charge in [-0.05, 0) is 39.4 Å². The number of carboxylic acid groups (broad SMARTS) is 1. The monoisotopic (exact) mass is 273 g/mol. The molecule has 1 atom stereocenters. The van der Waals surface area contributed by atoms with E-state index in [0.29, 0.717) is 0 Å². The summed E-state index contributed by atoms with van der Waals surface area (Å²) >= 11 is 0. The average molecular weight is 273 g/mol. The van der Waals surface area contributed by atoms with Crippen LogP contribution in [0.15, 0.2) is 0 Å². The second kappa shape index (κ2) is 9.61. The van der Waals surface area contributed by atoms with E-state index in [-0.39, 0.29) is 18.6 Å². The highest BCUT2D eigenvalue weighted by Crippen LogP contribution is 2.00. The Morgan fingerprint density at radius 2 is 1.84 bits per heavy atom. The van der Waals surface area contributed by atoms with Crippen molar-refractivity contribution in [2.24, 2.45) is 0 Å². The molecule has 0 aromatic rings. The van der Waals surface area contributed by atoms with Gasteiger partial charge in [-0.25, -0.2) is 4.79 Å². The van der Waals surface area contributed by atoms with Crippen molar-refractivity contribution in [3.05, 3.63) is 0 Å². The van der Waals surface area contributed by atoms with Gasteiger partial charge in [0, 0.05) is 13.1 Å². The van der Waals surface area contributed by atoms with Crippen LogP contribution in [0.1, 0.15) is 33.6 Å². The van der Waals surface area contributed by atoms with Crippen LogP contribution < -0.4 is 5.32 Å². The zero-order chi connectivity index (χ0) is 14.8. The molecule has 0 heterocycles. The molecule has 0 radical (unpaired) electrons. The molecular formula is C13H27N3O3. The van der Waals surface area contributed by atoms with Crippen LogP contribution in [0.25, 0.3) is 0 Å². The van der Waals surface area contributed by atoms with Crippen molar-refractivity contribution < 1.29 is 14.7 Å². The zero-order valence-corrected chi connectivity index (χ0v) is 12.5. The molecule has 19 heavy (non-hydrogen) atoms. The summed E-state index contributed by atoms with van der Waals surface area (Å²) in [5, 5.41) is 11.4. The highest BCUT2D eigenvalue weighted by Gasteiger charge is 2.14. The number of nitrogens with one attached hydrogen (secondary N) is 1. The molecular weight excluding hydrogens is 246 g/mol. The highest BCUT2D eigenvalue weighted by molar-refractivity contribution is 5.79. The number of rotatable bonds is 9. The number of hydrogen-bond acceptors (Lipinski definition) is 3. The van der Waals surface area contributed by atoms with E-state index in [1.807, 2.05) is 6.92 Å². The third-order valence-corrected chi connectivity index (χ3v) is 3.09. The number of nitrogens with zero attached hydrogens (tertiary/aromatic N) is 2. The van der Waals surface area contributed by atoms with E-state index in [9.17, 15) is 9.59 Å². The lowest BCUT2D eigenvalue weighted by molar-refractivity contribution is -0.137. The Bertz CT molecular complexity index is 280. The Kier molecular flexibility index (Phi) is 8.95. The normalized spacial score (nSPS) is 12.3. The summed E-state index contributed by atoms with van der Waals surface area (Å²) < 4.78 is 0. The first-order valence-corrected chi connectivity index (χ1v) is 6.86. The minimum Gasteiger partial charge on any atom is -0.480 e. The Morgan fingerprint density at radius 1 is 1.26 bits per heavy atom. The van der Waals surface area contributed by atoms with E-state index in [0.717, 1.165) is 32.5 Å². The Labute approximate surface area is 115 Å². The number of carboxylic acids is 1. The lowest BCUT2D eigenvalue weighted by atomic mass is 10.2. The summed E-state index contributed by atoms with van der Waals surface area (Å²) in [4.78, 5) is 25.6. The van der Waals surface area contributed by atoms with E-state index >= 15 is 0 Å². The molecule has 112 valence electrons. The average Bonchev–Trinajstić information content (AvgIpc) is 2.33.